The number of nitrogens with zero attached hydrogens (tertiary/aromatic N) is 3. The number of pyridine rings is 1. The van der Waals surface area contributed by atoms with Crippen molar-refractivity contribution < 1.29 is 0 Å². The zero-order valence-electron chi connectivity index (χ0n) is 9.28. The van der Waals surface area contributed by atoms with Crippen molar-refractivity contribution in [2.45, 2.75) is 38.5 Å². The molecule has 3 nitrogen and oxygen atoms in total. The second-order valence-corrected chi connectivity index (χ2v) is 4.91. The molecule has 0 spiro atoms. The Bertz CT molecular complexity index is 526. The third-order valence-electron chi connectivity index (χ3n) is 3.35. The van der Waals surface area contributed by atoms with Gasteiger partial charge in [0.1, 0.15) is 11.0 Å². The van der Waals surface area contributed by atoms with E-state index in [1.165, 1.54) is 31.2 Å². The number of hydrogen-bond acceptors (Lipinski definition) is 2. The minimum atomic E-state index is 0.666. The summed E-state index contributed by atoms with van der Waals surface area (Å²) in [6.45, 7) is 1.89. The zero-order chi connectivity index (χ0) is 11.1. The molecule has 0 saturated heterocycles. The van der Waals surface area contributed by atoms with Gasteiger partial charge in [0.15, 0.2) is 5.65 Å². The molecular weight excluding hydrogens is 222 g/mol. The molecule has 0 unspecified atom stereocenters. The fourth-order valence-electron chi connectivity index (χ4n) is 2.57. The molecule has 2 heterocycles. The third-order valence-corrected chi connectivity index (χ3v) is 3.62. The second kappa shape index (κ2) is 3.74. The minimum Gasteiger partial charge on any atom is -0.212 e. The highest BCUT2D eigenvalue weighted by Gasteiger charge is 2.19. The summed E-state index contributed by atoms with van der Waals surface area (Å²) < 4.78 is 1.70. The summed E-state index contributed by atoms with van der Waals surface area (Å²) in [5.41, 5.74) is 2.19. The van der Waals surface area contributed by atoms with E-state index in [9.17, 15) is 0 Å². The molecule has 1 aliphatic rings. The van der Waals surface area contributed by atoms with Crippen molar-refractivity contribution in [1.29, 1.82) is 0 Å². The molecule has 0 radical (unpaired) electrons. The van der Waals surface area contributed by atoms with Crippen LogP contribution in [0.1, 0.15) is 43.0 Å². The van der Waals surface area contributed by atoms with Crippen molar-refractivity contribution in [1.82, 2.24) is 14.6 Å². The lowest BCUT2D eigenvalue weighted by Gasteiger charge is -2.09. The predicted octanol–water partition coefficient (Wildman–Crippen LogP) is 3.35. The Morgan fingerprint density at radius 3 is 2.81 bits per heavy atom. The molecule has 0 aromatic carbocycles. The number of halogens is 1. The van der Waals surface area contributed by atoms with Gasteiger partial charge >= 0.3 is 0 Å². The van der Waals surface area contributed by atoms with E-state index in [2.05, 4.69) is 16.1 Å². The molecule has 1 aliphatic carbocycles. The van der Waals surface area contributed by atoms with E-state index in [-0.39, 0.29) is 0 Å². The standard InChI is InChI=1S/C12H14ClN3/c1-8-14-12-7-10(9-4-2-3-5-9)6-11(13)16(12)15-8/h6-7,9H,2-5H2,1H3. The largest absolute Gasteiger partial charge is 0.212 e. The van der Waals surface area contributed by atoms with Crippen LogP contribution in [0, 0.1) is 6.92 Å². The molecule has 84 valence electrons. The van der Waals surface area contributed by atoms with E-state index in [1.54, 1.807) is 4.52 Å². The first-order chi connectivity index (χ1) is 7.74. The van der Waals surface area contributed by atoms with Crippen molar-refractivity contribution in [3.05, 3.63) is 28.7 Å². The molecule has 2 aromatic heterocycles. The molecular formula is C12H14ClN3. The maximum Gasteiger partial charge on any atom is 0.157 e. The Labute approximate surface area is 99.4 Å². The summed E-state index contributed by atoms with van der Waals surface area (Å²) in [4.78, 5) is 4.37. The summed E-state index contributed by atoms with van der Waals surface area (Å²) in [5, 5.41) is 4.92. The lowest BCUT2D eigenvalue weighted by Crippen LogP contribution is -1.97. The topological polar surface area (TPSA) is 30.2 Å². The Morgan fingerprint density at radius 2 is 2.06 bits per heavy atom. The second-order valence-electron chi connectivity index (χ2n) is 4.52. The predicted molar refractivity (Wildman–Crippen MR) is 63.9 cm³/mol. The van der Waals surface area contributed by atoms with Crippen LogP contribution >= 0.6 is 11.6 Å². The van der Waals surface area contributed by atoms with Gasteiger partial charge in [-0.1, -0.05) is 24.4 Å². The van der Waals surface area contributed by atoms with Crippen molar-refractivity contribution in [3.8, 4) is 0 Å². The smallest absolute Gasteiger partial charge is 0.157 e. The normalized spacial score (nSPS) is 17.4. The Balaban J connectivity index is 2.12. The van der Waals surface area contributed by atoms with Crippen LogP contribution in [0.25, 0.3) is 5.65 Å². The van der Waals surface area contributed by atoms with Gasteiger partial charge in [-0.15, -0.1) is 0 Å². The van der Waals surface area contributed by atoms with Crippen LogP contribution in [0.3, 0.4) is 0 Å². The molecule has 0 bridgehead atoms. The SMILES string of the molecule is Cc1nc2cc(C3CCCC3)cc(Cl)n2n1. The number of fused-ring (bicyclic) bond motifs is 1. The van der Waals surface area contributed by atoms with Crippen LogP contribution in [0.15, 0.2) is 12.1 Å². The van der Waals surface area contributed by atoms with Crippen LogP contribution in [0.2, 0.25) is 5.15 Å². The monoisotopic (exact) mass is 235 g/mol. The first kappa shape index (κ1) is 10.1. The highest BCUT2D eigenvalue weighted by Crippen LogP contribution is 2.35. The lowest BCUT2D eigenvalue weighted by atomic mass is 9.99. The van der Waals surface area contributed by atoms with Gasteiger partial charge in [0.05, 0.1) is 0 Å². The van der Waals surface area contributed by atoms with E-state index in [1.807, 2.05) is 13.0 Å². The van der Waals surface area contributed by atoms with Gasteiger partial charge in [-0.25, -0.2) is 9.50 Å². The van der Waals surface area contributed by atoms with E-state index in [0.29, 0.717) is 11.1 Å². The lowest BCUT2D eigenvalue weighted by molar-refractivity contribution is 0.721. The number of hydrogen-bond donors (Lipinski definition) is 0. The molecule has 0 atom stereocenters. The molecule has 1 fully saturated rings. The zero-order valence-corrected chi connectivity index (χ0v) is 10.0. The molecule has 3 rings (SSSR count). The van der Waals surface area contributed by atoms with Crippen LogP contribution < -0.4 is 0 Å². The quantitative estimate of drug-likeness (QED) is 0.710. The maximum atomic E-state index is 6.21. The summed E-state index contributed by atoms with van der Waals surface area (Å²) in [7, 11) is 0. The van der Waals surface area contributed by atoms with Crippen molar-refractivity contribution >= 4 is 17.2 Å². The van der Waals surface area contributed by atoms with E-state index >= 15 is 0 Å². The first-order valence-corrected chi connectivity index (χ1v) is 6.14. The van der Waals surface area contributed by atoms with Crippen LogP contribution in [0.4, 0.5) is 0 Å². The van der Waals surface area contributed by atoms with Gasteiger partial charge in [0.2, 0.25) is 0 Å². The Kier molecular flexibility index (Phi) is 2.36. The minimum absolute atomic E-state index is 0.666. The summed E-state index contributed by atoms with van der Waals surface area (Å²) in [5.74, 6) is 1.44. The van der Waals surface area contributed by atoms with Gasteiger partial charge in [0, 0.05) is 0 Å². The van der Waals surface area contributed by atoms with Crippen LogP contribution in [-0.2, 0) is 0 Å². The van der Waals surface area contributed by atoms with Gasteiger partial charge in [0.25, 0.3) is 0 Å². The molecule has 1 saturated carbocycles. The van der Waals surface area contributed by atoms with Gasteiger partial charge in [-0.3, -0.25) is 0 Å². The van der Waals surface area contributed by atoms with E-state index < -0.39 is 0 Å². The first-order valence-electron chi connectivity index (χ1n) is 5.77. The van der Waals surface area contributed by atoms with E-state index in [4.69, 9.17) is 11.6 Å². The Morgan fingerprint density at radius 1 is 1.31 bits per heavy atom. The van der Waals surface area contributed by atoms with Crippen LogP contribution in [-0.4, -0.2) is 14.6 Å². The van der Waals surface area contributed by atoms with Crippen molar-refractivity contribution in [2.24, 2.45) is 0 Å². The molecule has 16 heavy (non-hydrogen) atoms. The summed E-state index contributed by atoms with van der Waals surface area (Å²) in [6, 6.07) is 4.17. The summed E-state index contributed by atoms with van der Waals surface area (Å²) >= 11 is 6.21. The third kappa shape index (κ3) is 1.59. The Hall–Kier alpha value is -1.09. The maximum absolute atomic E-state index is 6.21. The number of aromatic nitrogens is 3. The van der Waals surface area contributed by atoms with Crippen molar-refractivity contribution in [3.63, 3.8) is 0 Å². The average Bonchev–Trinajstić information content (AvgIpc) is 2.84. The highest BCUT2D eigenvalue weighted by molar-refractivity contribution is 6.29. The number of rotatable bonds is 1. The van der Waals surface area contributed by atoms with Crippen molar-refractivity contribution in [2.75, 3.05) is 0 Å². The summed E-state index contributed by atoms with van der Waals surface area (Å²) in [6.07, 6.45) is 5.22. The van der Waals surface area contributed by atoms with E-state index in [0.717, 1.165) is 11.5 Å². The molecule has 0 aliphatic heterocycles. The van der Waals surface area contributed by atoms with Crippen LogP contribution in [0.5, 0.6) is 0 Å². The molecule has 0 amide bonds. The van der Waals surface area contributed by atoms with Gasteiger partial charge in [-0.2, -0.15) is 5.10 Å². The molecule has 4 heteroatoms. The average molecular weight is 236 g/mol. The molecule has 2 aromatic rings. The van der Waals surface area contributed by atoms with Gasteiger partial charge in [-0.05, 0) is 43.4 Å². The highest BCUT2D eigenvalue weighted by atomic mass is 35.5. The fourth-order valence-corrected chi connectivity index (χ4v) is 2.82. The molecule has 0 N–H and O–H groups in total. The fraction of sp³-hybridized carbons (Fsp3) is 0.500. The number of aryl methyl sites for hydroxylation is 1. The van der Waals surface area contributed by atoms with Gasteiger partial charge < -0.3 is 0 Å².